The van der Waals surface area contributed by atoms with E-state index in [9.17, 15) is 9.59 Å². The molecule has 0 aromatic heterocycles. The van der Waals surface area contributed by atoms with E-state index < -0.39 is 24.1 Å². The molecular formula is C7H11NO5. The van der Waals surface area contributed by atoms with Gasteiger partial charge in [-0.1, -0.05) is 0 Å². The van der Waals surface area contributed by atoms with E-state index in [1.165, 1.54) is 0 Å². The van der Waals surface area contributed by atoms with Crippen molar-refractivity contribution < 1.29 is 24.2 Å². The van der Waals surface area contributed by atoms with Crippen LogP contribution < -0.4 is 5.32 Å². The van der Waals surface area contributed by atoms with Crippen LogP contribution in [0.5, 0.6) is 0 Å². The van der Waals surface area contributed by atoms with Gasteiger partial charge in [0.2, 0.25) is 0 Å². The Morgan fingerprint density at radius 1 is 1.46 bits per heavy atom. The van der Waals surface area contributed by atoms with Gasteiger partial charge in [-0.25, -0.2) is 4.79 Å². The number of carbonyl (C=O) groups excluding carboxylic acids is 1. The van der Waals surface area contributed by atoms with Gasteiger partial charge in [-0.05, 0) is 6.92 Å². The third kappa shape index (κ3) is 2.16. The lowest BCUT2D eigenvalue weighted by Crippen LogP contribution is -2.43. The van der Waals surface area contributed by atoms with Crippen LogP contribution in [-0.2, 0) is 19.1 Å². The van der Waals surface area contributed by atoms with Gasteiger partial charge < -0.3 is 19.9 Å². The highest BCUT2D eigenvalue weighted by Gasteiger charge is 2.40. The molecule has 1 amide bonds. The second kappa shape index (κ2) is 4.20. The fourth-order valence-corrected chi connectivity index (χ4v) is 1.05. The summed E-state index contributed by atoms with van der Waals surface area (Å²) >= 11 is 0. The zero-order chi connectivity index (χ0) is 9.84. The highest BCUT2D eigenvalue weighted by atomic mass is 16.7. The molecule has 2 atom stereocenters. The Hall–Kier alpha value is -1.14. The Balaban J connectivity index is 2.57. The van der Waals surface area contributed by atoms with Crippen molar-refractivity contribution in [2.45, 2.75) is 19.1 Å². The van der Waals surface area contributed by atoms with Crippen LogP contribution in [0.25, 0.3) is 0 Å². The van der Waals surface area contributed by atoms with Crippen molar-refractivity contribution >= 4 is 11.9 Å². The SMILES string of the molecule is CCNC(=O)[C@@H]1OCO[C@H]1C(=O)O. The molecule has 1 rings (SSSR count). The van der Waals surface area contributed by atoms with Gasteiger partial charge in [0.1, 0.15) is 6.79 Å². The lowest BCUT2D eigenvalue weighted by atomic mass is 10.2. The third-order valence-electron chi connectivity index (χ3n) is 1.62. The van der Waals surface area contributed by atoms with Gasteiger partial charge in [-0.2, -0.15) is 0 Å². The monoisotopic (exact) mass is 189 g/mol. The molecule has 74 valence electrons. The molecule has 0 spiro atoms. The summed E-state index contributed by atoms with van der Waals surface area (Å²) in [5, 5.41) is 11.1. The van der Waals surface area contributed by atoms with Gasteiger partial charge >= 0.3 is 5.97 Å². The fourth-order valence-electron chi connectivity index (χ4n) is 1.05. The Morgan fingerprint density at radius 2 is 2.08 bits per heavy atom. The van der Waals surface area contributed by atoms with Crippen molar-refractivity contribution in [1.29, 1.82) is 0 Å². The number of likely N-dealkylation sites (N-methyl/N-ethyl adjacent to an activating group) is 1. The maximum atomic E-state index is 11.2. The third-order valence-corrected chi connectivity index (χ3v) is 1.62. The van der Waals surface area contributed by atoms with Gasteiger partial charge in [-0.3, -0.25) is 4.79 Å². The Kier molecular flexibility index (Phi) is 3.21. The predicted molar refractivity (Wildman–Crippen MR) is 40.9 cm³/mol. The number of aliphatic carboxylic acids is 1. The number of rotatable bonds is 3. The number of carbonyl (C=O) groups is 2. The smallest absolute Gasteiger partial charge is 0.336 e. The number of amides is 1. The van der Waals surface area contributed by atoms with E-state index in [0.717, 1.165) is 0 Å². The summed E-state index contributed by atoms with van der Waals surface area (Å²) in [6, 6.07) is 0. The molecule has 6 nitrogen and oxygen atoms in total. The molecule has 0 aromatic rings. The molecule has 0 aliphatic carbocycles. The molecule has 2 N–H and O–H groups in total. The molecule has 1 aliphatic heterocycles. The Bertz CT molecular complexity index is 217. The first kappa shape index (κ1) is 9.94. The maximum absolute atomic E-state index is 11.2. The van der Waals surface area contributed by atoms with E-state index in [1.54, 1.807) is 6.92 Å². The number of ether oxygens (including phenoxy) is 2. The standard InChI is InChI=1S/C7H11NO5/c1-2-8-6(9)4-5(7(10)11)13-3-12-4/h4-5H,2-3H2,1H3,(H,8,9)(H,10,11)/t4-,5-/m1/s1. The van der Waals surface area contributed by atoms with Crippen LogP contribution in [0.15, 0.2) is 0 Å². The summed E-state index contributed by atoms with van der Waals surface area (Å²) in [4.78, 5) is 21.7. The first-order valence-corrected chi connectivity index (χ1v) is 3.90. The van der Waals surface area contributed by atoms with Crippen molar-refractivity contribution in [3.05, 3.63) is 0 Å². The van der Waals surface area contributed by atoms with Crippen LogP contribution in [0.2, 0.25) is 0 Å². The Morgan fingerprint density at radius 3 is 2.62 bits per heavy atom. The molecule has 1 heterocycles. The molecule has 0 bridgehead atoms. The minimum absolute atomic E-state index is 0.154. The largest absolute Gasteiger partial charge is 0.479 e. The maximum Gasteiger partial charge on any atom is 0.336 e. The normalized spacial score (nSPS) is 27.2. The summed E-state index contributed by atoms with van der Waals surface area (Å²) in [6.45, 7) is 2.02. The second-order valence-corrected chi connectivity index (χ2v) is 2.53. The van der Waals surface area contributed by atoms with Gasteiger partial charge in [0, 0.05) is 6.54 Å². The molecule has 6 heteroatoms. The predicted octanol–water partition coefficient (Wildman–Crippen LogP) is -1.05. The molecular weight excluding hydrogens is 178 g/mol. The number of carboxylic acid groups (broad SMARTS) is 1. The molecule has 1 aliphatic rings. The van der Waals surface area contributed by atoms with E-state index in [0.29, 0.717) is 6.54 Å². The highest BCUT2D eigenvalue weighted by molar-refractivity contribution is 5.88. The van der Waals surface area contributed by atoms with Crippen LogP contribution in [0.1, 0.15) is 6.92 Å². The quantitative estimate of drug-likeness (QED) is 0.591. The lowest BCUT2D eigenvalue weighted by Gasteiger charge is -2.11. The summed E-state index contributed by atoms with van der Waals surface area (Å²) in [5.74, 6) is -1.64. The first-order valence-electron chi connectivity index (χ1n) is 3.90. The molecule has 0 saturated carbocycles. The second-order valence-electron chi connectivity index (χ2n) is 2.53. The minimum Gasteiger partial charge on any atom is -0.479 e. The van der Waals surface area contributed by atoms with E-state index >= 15 is 0 Å². The van der Waals surface area contributed by atoms with E-state index in [4.69, 9.17) is 14.6 Å². The summed E-state index contributed by atoms with van der Waals surface area (Å²) in [6.07, 6.45) is -2.22. The molecule has 0 radical (unpaired) electrons. The van der Waals surface area contributed by atoms with Crippen LogP contribution >= 0.6 is 0 Å². The molecule has 13 heavy (non-hydrogen) atoms. The van der Waals surface area contributed by atoms with Crippen molar-refractivity contribution in [2.24, 2.45) is 0 Å². The van der Waals surface area contributed by atoms with Gasteiger partial charge in [0.25, 0.3) is 5.91 Å². The lowest BCUT2D eigenvalue weighted by molar-refractivity contribution is -0.150. The number of hydrogen-bond donors (Lipinski definition) is 2. The number of hydrogen-bond acceptors (Lipinski definition) is 4. The zero-order valence-corrected chi connectivity index (χ0v) is 7.15. The van der Waals surface area contributed by atoms with E-state index in [2.05, 4.69) is 5.32 Å². The van der Waals surface area contributed by atoms with Crippen molar-refractivity contribution in [3.63, 3.8) is 0 Å². The molecule has 0 unspecified atom stereocenters. The summed E-state index contributed by atoms with van der Waals surface area (Å²) in [7, 11) is 0. The Labute approximate surface area is 74.8 Å². The van der Waals surface area contributed by atoms with Gasteiger partial charge in [0.15, 0.2) is 12.2 Å². The fraction of sp³-hybridized carbons (Fsp3) is 0.714. The van der Waals surface area contributed by atoms with Gasteiger partial charge in [-0.15, -0.1) is 0 Å². The highest BCUT2D eigenvalue weighted by Crippen LogP contribution is 2.13. The molecule has 1 saturated heterocycles. The molecule has 1 fully saturated rings. The van der Waals surface area contributed by atoms with Crippen LogP contribution in [0.4, 0.5) is 0 Å². The van der Waals surface area contributed by atoms with Crippen LogP contribution in [0, 0.1) is 0 Å². The average Bonchev–Trinajstić information content (AvgIpc) is 2.52. The summed E-state index contributed by atoms with van der Waals surface area (Å²) < 4.78 is 9.54. The first-order chi connectivity index (χ1) is 6.16. The van der Waals surface area contributed by atoms with E-state index in [1.807, 2.05) is 0 Å². The number of carboxylic acids is 1. The number of nitrogens with one attached hydrogen (secondary N) is 1. The van der Waals surface area contributed by atoms with E-state index in [-0.39, 0.29) is 6.79 Å². The molecule has 0 aromatic carbocycles. The van der Waals surface area contributed by atoms with Crippen LogP contribution in [-0.4, -0.2) is 42.5 Å². The van der Waals surface area contributed by atoms with Crippen molar-refractivity contribution in [3.8, 4) is 0 Å². The van der Waals surface area contributed by atoms with Crippen LogP contribution in [0.3, 0.4) is 0 Å². The topological polar surface area (TPSA) is 84.9 Å². The van der Waals surface area contributed by atoms with Crippen molar-refractivity contribution in [1.82, 2.24) is 5.32 Å². The zero-order valence-electron chi connectivity index (χ0n) is 7.15. The van der Waals surface area contributed by atoms with Crippen molar-refractivity contribution in [2.75, 3.05) is 13.3 Å². The summed E-state index contributed by atoms with van der Waals surface area (Å²) in [5.41, 5.74) is 0. The van der Waals surface area contributed by atoms with Gasteiger partial charge in [0.05, 0.1) is 0 Å². The minimum atomic E-state index is -1.19. The average molecular weight is 189 g/mol.